The van der Waals surface area contributed by atoms with E-state index in [1.807, 2.05) is 24.3 Å². The highest BCUT2D eigenvalue weighted by Gasteiger charge is 2.38. The van der Waals surface area contributed by atoms with E-state index in [1.54, 1.807) is 24.3 Å². The second-order valence-corrected chi connectivity index (χ2v) is 6.82. The number of nitrogens with one attached hydrogen (secondary N) is 1. The number of rotatable bonds is 4. The number of benzene rings is 2. The maximum Gasteiger partial charge on any atom is 0.336 e. The van der Waals surface area contributed by atoms with Gasteiger partial charge in [0.1, 0.15) is 11.3 Å². The molecule has 1 N–H and O–H groups in total. The molecule has 0 aromatic heterocycles. The summed E-state index contributed by atoms with van der Waals surface area (Å²) in [5, 5.41) is 2.22. The van der Waals surface area contributed by atoms with Gasteiger partial charge in [0, 0.05) is 18.8 Å². The van der Waals surface area contributed by atoms with Gasteiger partial charge in [-0.05, 0) is 35.9 Å². The molecule has 2 fully saturated rings. The number of ether oxygens (including phenoxy) is 2. The van der Waals surface area contributed by atoms with Crippen molar-refractivity contribution in [3.05, 3.63) is 59.7 Å². The number of amides is 4. The van der Waals surface area contributed by atoms with Crippen molar-refractivity contribution in [2.75, 3.05) is 43.2 Å². The predicted molar refractivity (Wildman–Crippen MR) is 111 cm³/mol. The number of barbiturate groups is 1. The largest absolute Gasteiger partial charge is 0.495 e. The van der Waals surface area contributed by atoms with Gasteiger partial charge in [0.25, 0.3) is 11.8 Å². The molecule has 0 spiro atoms. The number of morpholine rings is 1. The van der Waals surface area contributed by atoms with Crippen molar-refractivity contribution in [2.24, 2.45) is 0 Å². The van der Waals surface area contributed by atoms with Crippen molar-refractivity contribution in [1.29, 1.82) is 0 Å². The Bertz CT molecular complexity index is 1010. The zero-order chi connectivity index (χ0) is 21.1. The van der Waals surface area contributed by atoms with Crippen LogP contribution in [-0.2, 0) is 14.3 Å². The Morgan fingerprint density at radius 2 is 1.70 bits per heavy atom. The average molecular weight is 407 g/mol. The first-order valence-corrected chi connectivity index (χ1v) is 9.56. The van der Waals surface area contributed by atoms with Crippen LogP contribution in [0.15, 0.2) is 54.1 Å². The van der Waals surface area contributed by atoms with Crippen molar-refractivity contribution < 1.29 is 23.9 Å². The first-order valence-electron chi connectivity index (χ1n) is 9.56. The minimum atomic E-state index is -0.811. The lowest BCUT2D eigenvalue weighted by molar-refractivity contribution is -0.122. The Balaban J connectivity index is 1.62. The Labute approximate surface area is 173 Å². The van der Waals surface area contributed by atoms with E-state index in [4.69, 9.17) is 9.47 Å². The van der Waals surface area contributed by atoms with Crippen molar-refractivity contribution in [1.82, 2.24) is 5.32 Å². The SMILES string of the molecule is COc1ccccc1N1C(=O)NC(=O)/C(=C/c2ccc(N3CCOCC3)cc2)C1=O. The molecular formula is C22H21N3O5. The van der Waals surface area contributed by atoms with Crippen LogP contribution >= 0.6 is 0 Å². The molecule has 2 aliphatic heterocycles. The number of nitrogens with zero attached hydrogens (tertiary/aromatic N) is 2. The molecule has 2 aliphatic rings. The van der Waals surface area contributed by atoms with E-state index in [1.165, 1.54) is 13.2 Å². The monoisotopic (exact) mass is 407 g/mol. The van der Waals surface area contributed by atoms with Gasteiger partial charge in [-0.3, -0.25) is 14.9 Å². The molecule has 0 bridgehead atoms. The summed E-state index contributed by atoms with van der Waals surface area (Å²) in [5.41, 5.74) is 1.87. The van der Waals surface area contributed by atoms with Crippen LogP contribution in [0.1, 0.15) is 5.56 Å². The van der Waals surface area contributed by atoms with Crippen LogP contribution in [0.5, 0.6) is 5.75 Å². The maximum atomic E-state index is 13.0. The first kappa shape index (κ1) is 19.7. The minimum Gasteiger partial charge on any atom is -0.495 e. The van der Waals surface area contributed by atoms with Crippen LogP contribution in [-0.4, -0.2) is 51.3 Å². The zero-order valence-electron chi connectivity index (χ0n) is 16.5. The number of hydrogen-bond donors (Lipinski definition) is 1. The van der Waals surface area contributed by atoms with Gasteiger partial charge in [-0.25, -0.2) is 9.69 Å². The molecule has 0 saturated carbocycles. The lowest BCUT2D eigenvalue weighted by atomic mass is 10.1. The fourth-order valence-corrected chi connectivity index (χ4v) is 3.46. The molecule has 30 heavy (non-hydrogen) atoms. The number of imide groups is 2. The summed E-state index contributed by atoms with van der Waals surface area (Å²) in [6, 6.07) is 13.4. The number of anilines is 2. The Kier molecular flexibility index (Phi) is 5.49. The Morgan fingerprint density at radius 3 is 2.40 bits per heavy atom. The second-order valence-electron chi connectivity index (χ2n) is 6.82. The van der Waals surface area contributed by atoms with Crippen LogP contribution in [0.3, 0.4) is 0 Å². The van der Waals surface area contributed by atoms with Crippen molar-refractivity contribution in [3.63, 3.8) is 0 Å². The fraction of sp³-hybridized carbons (Fsp3) is 0.227. The molecule has 8 heteroatoms. The highest BCUT2D eigenvalue weighted by molar-refractivity contribution is 6.39. The minimum absolute atomic E-state index is 0.125. The normalized spacial score (nSPS) is 18.6. The molecule has 0 unspecified atom stereocenters. The van der Waals surface area contributed by atoms with Crippen LogP contribution in [0.4, 0.5) is 16.2 Å². The van der Waals surface area contributed by atoms with E-state index < -0.39 is 17.8 Å². The number of hydrogen-bond acceptors (Lipinski definition) is 6. The topological polar surface area (TPSA) is 88.2 Å². The fourth-order valence-electron chi connectivity index (χ4n) is 3.46. The van der Waals surface area contributed by atoms with Gasteiger partial charge in [0.15, 0.2) is 0 Å². The molecule has 4 rings (SSSR count). The molecule has 2 aromatic carbocycles. The number of urea groups is 1. The van der Waals surface area contributed by atoms with Crippen LogP contribution in [0, 0.1) is 0 Å². The zero-order valence-corrected chi connectivity index (χ0v) is 16.5. The van der Waals surface area contributed by atoms with Gasteiger partial charge in [-0.15, -0.1) is 0 Å². The summed E-state index contributed by atoms with van der Waals surface area (Å²) in [4.78, 5) is 40.9. The molecule has 2 heterocycles. The standard InChI is InChI=1S/C22H21N3O5/c1-29-19-5-3-2-4-18(19)25-21(27)17(20(26)23-22(25)28)14-15-6-8-16(9-7-15)24-10-12-30-13-11-24/h2-9,14H,10-13H2,1H3,(H,23,26,28)/b17-14-. The summed E-state index contributed by atoms with van der Waals surface area (Å²) in [7, 11) is 1.45. The van der Waals surface area contributed by atoms with Gasteiger partial charge < -0.3 is 14.4 Å². The third kappa shape index (κ3) is 3.77. The van der Waals surface area contributed by atoms with Gasteiger partial charge >= 0.3 is 6.03 Å². The van der Waals surface area contributed by atoms with Gasteiger partial charge in [0.05, 0.1) is 26.0 Å². The number of para-hydroxylation sites is 2. The third-order valence-corrected chi connectivity index (χ3v) is 5.01. The average Bonchev–Trinajstić information content (AvgIpc) is 2.78. The number of carbonyl (C=O) groups is 3. The lowest BCUT2D eigenvalue weighted by Crippen LogP contribution is -2.54. The highest BCUT2D eigenvalue weighted by Crippen LogP contribution is 2.30. The van der Waals surface area contributed by atoms with Crippen molar-refractivity contribution in [3.8, 4) is 5.75 Å². The van der Waals surface area contributed by atoms with E-state index in [0.29, 0.717) is 24.5 Å². The van der Waals surface area contributed by atoms with Gasteiger partial charge in [-0.2, -0.15) is 0 Å². The summed E-state index contributed by atoms with van der Waals surface area (Å²) in [6.07, 6.45) is 1.48. The number of carbonyl (C=O) groups excluding carboxylic acids is 3. The van der Waals surface area contributed by atoms with E-state index in [9.17, 15) is 14.4 Å². The molecule has 2 saturated heterocycles. The number of methoxy groups -OCH3 is 1. The first-order chi connectivity index (χ1) is 14.6. The van der Waals surface area contributed by atoms with Crippen molar-refractivity contribution >= 4 is 35.3 Å². The van der Waals surface area contributed by atoms with Gasteiger partial charge in [-0.1, -0.05) is 24.3 Å². The molecule has 8 nitrogen and oxygen atoms in total. The van der Waals surface area contributed by atoms with Crippen LogP contribution < -0.4 is 19.9 Å². The Morgan fingerprint density at radius 1 is 1.00 bits per heavy atom. The lowest BCUT2D eigenvalue weighted by Gasteiger charge is -2.29. The van der Waals surface area contributed by atoms with E-state index >= 15 is 0 Å². The molecular weight excluding hydrogens is 386 g/mol. The molecule has 154 valence electrons. The van der Waals surface area contributed by atoms with E-state index in [-0.39, 0.29) is 11.3 Å². The molecule has 4 amide bonds. The van der Waals surface area contributed by atoms with Crippen LogP contribution in [0.25, 0.3) is 6.08 Å². The predicted octanol–water partition coefficient (Wildman–Crippen LogP) is 2.20. The smallest absolute Gasteiger partial charge is 0.336 e. The summed E-state index contributed by atoms with van der Waals surface area (Å²) in [6.45, 7) is 3.01. The molecule has 0 aliphatic carbocycles. The summed E-state index contributed by atoms with van der Waals surface area (Å²) < 4.78 is 10.6. The summed E-state index contributed by atoms with van der Waals surface area (Å²) in [5.74, 6) is -1.08. The molecule has 0 atom stereocenters. The van der Waals surface area contributed by atoms with Crippen molar-refractivity contribution in [2.45, 2.75) is 0 Å². The highest BCUT2D eigenvalue weighted by atomic mass is 16.5. The second kappa shape index (κ2) is 8.38. The molecule has 2 aromatic rings. The summed E-state index contributed by atoms with van der Waals surface area (Å²) >= 11 is 0. The third-order valence-electron chi connectivity index (χ3n) is 5.01. The van der Waals surface area contributed by atoms with E-state index in [0.717, 1.165) is 23.7 Å². The maximum absolute atomic E-state index is 13.0. The quantitative estimate of drug-likeness (QED) is 0.618. The Hall–Kier alpha value is -3.65. The molecule has 0 radical (unpaired) electrons. The van der Waals surface area contributed by atoms with E-state index in [2.05, 4.69) is 10.2 Å². The van der Waals surface area contributed by atoms with Gasteiger partial charge in [0.2, 0.25) is 0 Å². The van der Waals surface area contributed by atoms with Crippen LogP contribution in [0.2, 0.25) is 0 Å².